The van der Waals surface area contributed by atoms with Crippen molar-refractivity contribution in [2.24, 2.45) is 0 Å². The van der Waals surface area contributed by atoms with E-state index >= 15 is 0 Å². The van der Waals surface area contributed by atoms with Crippen LogP contribution in [-0.4, -0.2) is 45.4 Å². The zero-order valence-electron chi connectivity index (χ0n) is 7.70. The molecule has 0 aliphatic heterocycles. The van der Waals surface area contributed by atoms with E-state index < -0.39 is 0 Å². The predicted octanol–water partition coefficient (Wildman–Crippen LogP) is 0.599. The number of hydrogen-bond donors (Lipinski definition) is 1. The van der Waals surface area contributed by atoms with Crippen molar-refractivity contribution < 1.29 is 14.2 Å². The molecule has 0 atom stereocenters. The van der Waals surface area contributed by atoms with Crippen LogP contribution in [0.15, 0.2) is 0 Å². The molecular formula is C9H16O3S. The number of thiol groups is 1. The summed E-state index contributed by atoms with van der Waals surface area (Å²) >= 11 is 4.00. The number of terminal acetylenes is 1. The van der Waals surface area contributed by atoms with Gasteiger partial charge >= 0.3 is 0 Å². The van der Waals surface area contributed by atoms with Crippen LogP contribution in [0.1, 0.15) is 0 Å². The number of ether oxygens (including phenoxy) is 3. The molecule has 0 amide bonds. The maximum absolute atomic E-state index is 5.18. The van der Waals surface area contributed by atoms with Gasteiger partial charge in [-0.05, 0) is 0 Å². The summed E-state index contributed by atoms with van der Waals surface area (Å²) in [4.78, 5) is 0. The van der Waals surface area contributed by atoms with Gasteiger partial charge in [0.15, 0.2) is 0 Å². The molecule has 0 bridgehead atoms. The van der Waals surface area contributed by atoms with E-state index in [4.69, 9.17) is 20.6 Å². The molecule has 0 aromatic heterocycles. The van der Waals surface area contributed by atoms with E-state index in [1.165, 1.54) is 0 Å². The second-order valence-corrected chi connectivity index (χ2v) is 2.65. The van der Waals surface area contributed by atoms with Crippen LogP contribution in [0, 0.1) is 12.3 Å². The highest BCUT2D eigenvalue weighted by atomic mass is 32.1. The standard InChI is InChI=1S/C9H16O3S/c1-2-3-10-4-5-11-6-7-12-8-9-13/h1,13H,3-9H2. The van der Waals surface area contributed by atoms with Crippen molar-refractivity contribution >= 4 is 12.6 Å². The third-order valence-corrected chi connectivity index (χ3v) is 1.35. The van der Waals surface area contributed by atoms with Gasteiger partial charge in [0, 0.05) is 5.75 Å². The molecule has 13 heavy (non-hydrogen) atoms. The number of rotatable bonds is 9. The summed E-state index contributed by atoms with van der Waals surface area (Å²) in [5.74, 6) is 3.12. The normalized spacial score (nSPS) is 9.85. The van der Waals surface area contributed by atoms with Crippen LogP contribution in [0.25, 0.3) is 0 Å². The molecule has 0 aromatic rings. The second kappa shape index (κ2) is 11.8. The van der Waals surface area contributed by atoms with Crippen LogP contribution in [-0.2, 0) is 14.2 Å². The Balaban J connectivity index is 2.80. The first-order valence-corrected chi connectivity index (χ1v) is 4.82. The molecule has 76 valence electrons. The van der Waals surface area contributed by atoms with Crippen LogP contribution < -0.4 is 0 Å². The van der Waals surface area contributed by atoms with Crippen LogP contribution in [0.2, 0.25) is 0 Å². The first-order valence-electron chi connectivity index (χ1n) is 4.19. The largest absolute Gasteiger partial charge is 0.378 e. The number of hydrogen-bond acceptors (Lipinski definition) is 4. The van der Waals surface area contributed by atoms with E-state index in [1.54, 1.807) is 0 Å². The summed E-state index contributed by atoms with van der Waals surface area (Å²) in [5.41, 5.74) is 0. The Morgan fingerprint density at radius 2 is 1.46 bits per heavy atom. The molecule has 4 heteroatoms. The van der Waals surface area contributed by atoms with Gasteiger partial charge in [-0.15, -0.1) is 6.42 Å². The molecule has 0 aliphatic rings. The minimum Gasteiger partial charge on any atom is -0.378 e. The van der Waals surface area contributed by atoms with Crippen molar-refractivity contribution in [1.29, 1.82) is 0 Å². The lowest BCUT2D eigenvalue weighted by molar-refractivity contribution is 0.0237. The Kier molecular flexibility index (Phi) is 11.6. The van der Waals surface area contributed by atoms with E-state index in [0.29, 0.717) is 39.6 Å². The highest BCUT2D eigenvalue weighted by molar-refractivity contribution is 7.80. The average Bonchev–Trinajstić information content (AvgIpc) is 2.16. The van der Waals surface area contributed by atoms with Gasteiger partial charge in [0.1, 0.15) is 6.61 Å². The Morgan fingerprint density at radius 1 is 0.923 bits per heavy atom. The van der Waals surface area contributed by atoms with E-state index in [9.17, 15) is 0 Å². The SMILES string of the molecule is C#CCOCCOCCOCCS. The summed E-state index contributed by atoms with van der Waals surface area (Å²) in [6.45, 7) is 3.31. The van der Waals surface area contributed by atoms with E-state index in [2.05, 4.69) is 18.5 Å². The molecule has 0 radical (unpaired) electrons. The second-order valence-electron chi connectivity index (χ2n) is 2.21. The monoisotopic (exact) mass is 204 g/mol. The summed E-state index contributed by atoms with van der Waals surface area (Å²) < 4.78 is 15.3. The highest BCUT2D eigenvalue weighted by Gasteiger charge is 1.89. The van der Waals surface area contributed by atoms with E-state index in [0.717, 1.165) is 5.75 Å². The molecule has 0 aliphatic carbocycles. The maximum Gasteiger partial charge on any atom is 0.107 e. The Morgan fingerprint density at radius 3 is 2.00 bits per heavy atom. The first kappa shape index (κ1) is 12.8. The average molecular weight is 204 g/mol. The van der Waals surface area contributed by atoms with Crippen molar-refractivity contribution in [2.45, 2.75) is 0 Å². The van der Waals surface area contributed by atoms with Gasteiger partial charge in [0.2, 0.25) is 0 Å². The van der Waals surface area contributed by atoms with Crippen molar-refractivity contribution in [3.05, 3.63) is 0 Å². The zero-order chi connectivity index (χ0) is 9.78. The van der Waals surface area contributed by atoms with Gasteiger partial charge < -0.3 is 14.2 Å². The molecule has 0 unspecified atom stereocenters. The molecule has 0 aromatic carbocycles. The molecule has 0 saturated heterocycles. The molecular weight excluding hydrogens is 188 g/mol. The quantitative estimate of drug-likeness (QED) is 0.338. The molecule has 0 fully saturated rings. The van der Waals surface area contributed by atoms with Gasteiger partial charge in [-0.1, -0.05) is 5.92 Å². The minimum atomic E-state index is 0.347. The predicted molar refractivity (Wildman–Crippen MR) is 55.1 cm³/mol. The van der Waals surface area contributed by atoms with Crippen LogP contribution in [0.4, 0.5) is 0 Å². The fraction of sp³-hybridized carbons (Fsp3) is 0.778. The van der Waals surface area contributed by atoms with E-state index in [-0.39, 0.29) is 0 Å². The van der Waals surface area contributed by atoms with Gasteiger partial charge in [0.05, 0.1) is 33.0 Å². The van der Waals surface area contributed by atoms with Crippen molar-refractivity contribution in [1.82, 2.24) is 0 Å². The molecule has 3 nitrogen and oxygen atoms in total. The summed E-state index contributed by atoms with van der Waals surface area (Å²) in [6, 6.07) is 0. The molecule has 0 saturated carbocycles. The minimum absolute atomic E-state index is 0.347. The van der Waals surface area contributed by atoms with Gasteiger partial charge in [0.25, 0.3) is 0 Å². The molecule has 0 N–H and O–H groups in total. The third-order valence-electron chi connectivity index (χ3n) is 1.17. The summed E-state index contributed by atoms with van der Waals surface area (Å²) in [7, 11) is 0. The smallest absolute Gasteiger partial charge is 0.107 e. The lowest BCUT2D eigenvalue weighted by Gasteiger charge is -2.04. The maximum atomic E-state index is 5.18. The third kappa shape index (κ3) is 11.8. The van der Waals surface area contributed by atoms with Crippen LogP contribution in [0.3, 0.4) is 0 Å². The van der Waals surface area contributed by atoms with Crippen LogP contribution in [0.5, 0.6) is 0 Å². The fourth-order valence-electron chi connectivity index (χ4n) is 0.635. The Hall–Kier alpha value is -0.210. The highest BCUT2D eigenvalue weighted by Crippen LogP contribution is 1.81. The molecule has 0 rings (SSSR count). The summed E-state index contributed by atoms with van der Waals surface area (Å²) in [5, 5.41) is 0. The first-order chi connectivity index (χ1) is 6.41. The molecule has 0 spiro atoms. The zero-order valence-corrected chi connectivity index (χ0v) is 8.59. The van der Waals surface area contributed by atoms with Crippen molar-refractivity contribution in [3.8, 4) is 12.3 Å². The van der Waals surface area contributed by atoms with Crippen molar-refractivity contribution in [3.63, 3.8) is 0 Å². The lowest BCUT2D eigenvalue weighted by Crippen LogP contribution is -2.10. The topological polar surface area (TPSA) is 27.7 Å². The Bertz CT molecular complexity index is 133. The fourth-order valence-corrected chi connectivity index (χ4v) is 0.765. The van der Waals surface area contributed by atoms with Gasteiger partial charge in [-0.2, -0.15) is 12.6 Å². The summed E-state index contributed by atoms with van der Waals surface area (Å²) in [6.07, 6.45) is 4.98. The van der Waals surface area contributed by atoms with Gasteiger partial charge in [-0.25, -0.2) is 0 Å². The van der Waals surface area contributed by atoms with E-state index in [1.807, 2.05) is 0 Å². The van der Waals surface area contributed by atoms with Crippen molar-refractivity contribution in [2.75, 3.05) is 45.4 Å². The van der Waals surface area contributed by atoms with Gasteiger partial charge in [-0.3, -0.25) is 0 Å². The molecule has 0 heterocycles. The Labute approximate surface area is 85.2 Å². The lowest BCUT2D eigenvalue weighted by atomic mass is 10.7. The van der Waals surface area contributed by atoms with Crippen LogP contribution >= 0.6 is 12.6 Å².